The third kappa shape index (κ3) is 6.12. The van der Waals surface area contributed by atoms with Crippen LogP contribution in [0, 0.1) is 0 Å². The van der Waals surface area contributed by atoms with Crippen molar-refractivity contribution in [2.45, 2.75) is 11.4 Å². The van der Waals surface area contributed by atoms with Crippen LogP contribution in [0.3, 0.4) is 0 Å². The van der Waals surface area contributed by atoms with Gasteiger partial charge in [-0.2, -0.15) is 0 Å². The van der Waals surface area contributed by atoms with Crippen LogP contribution in [-0.4, -0.2) is 54.3 Å². The summed E-state index contributed by atoms with van der Waals surface area (Å²) in [6, 6.07) is 22.6. The van der Waals surface area contributed by atoms with Gasteiger partial charge in [-0.15, -0.1) is 0 Å². The Kier molecular flexibility index (Phi) is 7.89. The van der Waals surface area contributed by atoms with Gasteiger partial charge in [0, 0.05) is 25.3 Å². The number of nitrogens with one attached hydrogen (secondary N) is 1. The molecule has 1 amide bonds. The fraction of sp³-hybridized carbons (Fsp3) is 0.269. The molecule has 184 valence electrons. The van der Waals surface area contributed by atoms with Crippen molar-refractivity contribution in [3.8, 4) is 5.75 Å². The Balaban J connectivity index is 1.46. The predicted octanol–water partition coefficient (Wildman–Crippen LogP) is 3.04. The normalized spacial score (nSPS) is 13.8. The van der Waals surface area contributed by atoms with Gasteiger partial charge in [-0.05, 0) is 54.1 Å². The first-order valence-electron chi connectivity index (χ1n) is 11.4. The Bertz CT molecular complexity index is 1210. The van der Waals surface area contributed by atoms with E-state index in [9.17, 15) is 13.2 Å². The van der Waals surface area contributed by atoms with E-state index in [1.807, 2.05) is 24.3 Å². The number of methoxy groups -OCH3 is 1. The number of carbonyl (C=O) groups excluding carboxylic acids is 1. The third-order valence-corrected chi connectivity index (χ3v) is 7.57. The van der Waals surface area contributed by atoms with Gasteiger partial charge in [-0.1, -0.05) is 30.3 Å². The molecule has 1 aliphatic rings. The zero-order chi connectivity index (χ0) is 24.7. The summed E-state index contributed by atoms with van der Waals surface area (Å²) in [5.41, 5.74) is 2.42. The third-order valence-electron chi connectivity index (χ3n) is 5.78. The van der Waals surface area contributed by atoms with Crippen LogP contribution in [0.1, 0.15) is 5.56 Å². The molecule has 1 fully saturated rings. The van der Waals surface area contributed by atoms with Crippen LogP contribution < -0.4 is 19.3 Å². The largest absolute Gasteiger partial charge is 0.497 e. The number of morpholine rings is 1. The zero-order valence-electron chi connectivity index (χ0n) is 19.6. The number of amides is 1. The van der Waals surface area contributed by atoms with E-state index < -0.39 is 15.9 Å². The Labute approximate surface area is 206 Å². The van der Waals surface area contributed by atoms with Crippen molar-refractivity contribution in [1.29, 1.82) is 0 Å². The number of nitrogens with zero attached hydrogens (tertiary/aromatic N) is 2. The second-order valence-electron chi connectivity index (χ2n) is 8.07. The second kappa shape index (κ2) is 11.2. The number of hydrogen-bond acceptors (Lipinski definition) is 6. The number of rotatable bonds is 9. The summed E-state index contributed by atoms with van der Waals surface area (Å²) in [7, 11) is -2.42. The molecule has 1 heterocycles. The summed E-state index contributed by atoms with van der Waals surface area (Å²) in [4.78, 5) is 15.2. The van der Waals surface area contributed by atoms with Gasteiger partial charge in [0.25, 0.3) is 10.0 Å². The SMILES string of the molecule is COc1ccc(N(CC(=O)NCc2ccc(N3CCOCC3)cc2)S(=O)(=O)c2ccccc2)cc1. The molecule has 1 saturated heterocycles. The molecule has 0 spiro atoms. The standard InChI is InChI=1S/C26H29N3O5S/c1-33-24-13-11-23(12-14-24)29(35(31,32)25-5-3-2-4-6-25)20-26(30)27-19-21-7-9-22(10-8-21)28-15-17-34-18-16-28/h2-14H,15-20H2,1H3,(H,27,30). The van der Waals surface area contributed by atoms with Gasteiger partial charge in [0.1, 0.15) is 12.3 Å². The van der Waals surface area contributed by atoms with Gasteiger partial charge < -0.3 is 19.7 Å². The van der Waals surface area contributed by atoms with Crippen LogP contribution in [-0.2, 0) is 26.1 Å². The van der Waals surface area contributed by atoms with Crippen LogP contribution in [0.2, 0.25) is 0 Å². The average molecular weight is 496 g/mol. The first-order valence-corrected chi connectivity index (χ1v) is 12.8. The molecule has 9 heteroatoms. The van der Waals surface area contributed by atoms with Gasteiger partial charge >= 0.3 is 0 Å². The highest BCUT2D eigenvalue weighted by Crippen LogP contribution is 2.25. The van der Waals surface area contributed by atoms with E-state index in [2.05, 4.69) is 10.2 Å². The van der Waals surface area contributed by atoms with Crippen molar-refractivity contribution < 1.29 is 22.7 Å². The molecule has 1 N–H and O–H groups in total. The van der Waals surface area contributed by atoms with Crippen LogP contribution in [0.15, 0.2) is 83.8 Å². The number of anilines is 2. The molecule has 0 radical (unpaired) electrons. The van der Waals surface area contributed by atoms with Gasteiger partial charge in [-0.3, -0.25) is 9.10 Å². The summed E-state index contributed by atoms with van der Waals surface area (Å²) < 4.78 is 38.5. The highest BCUT2D eigenvalue weighted by atomic mass is 32.2. The molecule has 0 saturated carbocycles. The Morgan fingerprint density at radius 3 is 2.26 bits per heavy atom. The van der Waals surface area contributed by atoms with Crippen LogP contribution in [0.25, 0.3) is 0 Å². The van der Waals surface area contributed by atoms with E-state index in [1.54, 1.807) is 42.5 Å². The van der Waals surface area contributed by atoms with Crippen molar-refractivity contribution in [2.24, 2.45) is 0 Å². The first kappa shape index (κ1) is 24.6. The Morgan fingerprint density at radius 2 is 1.63 bits per heavy atom. The molecule has 0 aliphatic carbocycles. The van der Waals surface area contributed by atoms with E-state index in [-0.39, 0.29) is 11.4 Å². The number of carbonyl (C=O) groups is 1. The minimum Gasteiger partial charge on any atom is -0.497 e. The maximum atomic E-state index is 13.4. The quantitative estimate of drug-likeness (QED) is 0.491. The Morgan fingerprint density at radius 1 is 0.971 bits per heavy atom. The molecule has 8 nitrogen and oxygen atoms in total. The monoisotopic (exact) mass is 495 g/mol. The van der Waals surface area contributed by atoms with E-state index in [4.69, 9.17) is 9.47 Å². The topological polar surface area (TPSA) is 88.2 Å². The first-order chi connectivity index (χ1) is 17.0. The highest BCUT2D eigenvalue weighted by Gasteiger charge is 2.27. The molecule has 0 atom stereocenters. The summed E-state index contributed by atoms with van der Waals surface area (Å²) >= 11 is 0. The molecule has 0 bridgehead atoms. The van der Waals surface area contributed by atoms with Gasteiger partial charge in [0.15, 0.2) is 0 Å². The lowest BCUT2D eigenvalue weighted by atomic mass is 10.2. The predicted molar refractivity (Wildman–Crippen MR) is 135 cm³/mol. The molecule has 1 aliphatic heterocycles. The summed E-state index contributed by atoms with van der Waals surface area (Å²) in [6.45, 7) is 3.09. The lowest BCUT2D eigenvalue weighted by molar-refractivity contribution is -0.119. The summed E-state index contributed by atoms with van der Waals surface area (Å²) in [6.07, 6.45) is 0. The number of ether oxygens (including phenoxy) is 2. The second-order valence-corrected chi connectivity index (χ2v) is 9.93. The number of sulfonamides is 1. The van der Waals surface area contributed by atoms with Gasteiger partial charge in [0.05, 0.1) is 30.9 Å². The van der Waals surface area contributed by atoms with Crippen LogP contribution in [0.5, 0.6) is 5.75 Å². The summed E-state index contributed by atoms with van der Waals surface area (Å²) in [5, 5.41) is 2.84. The molecular weight excluding hydrogens is 466 g/mol. The molecule has 0 unspecified atom stereocenters. The van der Waals surface area contributed by atoms with Crippen molar-refractivity contribution in [2.75, 3.05) is 49.2 Å². The highest BCUT2D eigenvalue weighted by molar-refractivity contribution is 7.92. The average Bonchev–Trinajstić information content (AvgIpc) is 2.92. The Hall–Kier alpha value is -3.56. The number of benzene rings is 3. The number of hydrogen-bond donors (Lipinski definition) is 1. The smallest absolute Gasteiger partial charge is 0.264 e. The minimum absolute atomic E-state index is 0.113. The maximum absolute atomic E-state index is 13.4. The van der Waals surface area contributed by atoms with Crippen molar-refractivity contribution in [3.63, 3.8) is 0 Å². The maximum Gasteiger partial charge on any atom is 0.264 e. The van der Waals surface area contributed by atoms with Crippen LogP contribution in [0.4, 0.5) is 11.4 Å². The minimum atomic E-state index is -3.95. The van der Waals surface area contributed by atoms with E-state index in [0.29, 0.717) is 31.2 Å². The van der Waals surface area contributed by atoms with Crippen molar-refractivity contribution in [3.05, 3.63) is 84.4 Å². The van der Waals surface area contributed by atoms with E-state index in [1.165, 1.54) is 19.2 Å². The molecule has 0 aromatic heterocycles. The molecule has 3 aromatic rings. The van der Waals surface area contributed by atoms with Gasteiger partial charge in [0.2, 0.25) is 5.91 Å². The molecule has 4 rings (SSSR count). The molecular formula is C26H29N3O5S. The van der Waals surface area contributed by atoms with Crippen molar-refractivity contribution >= 4 is 27.3 Å². The fourth-order valence-corrected chi connectivity index (χ4v) is 5.26. The zero-order valence-corrected chi connectivity index (χ0v) is 20.4. The lowest BCUT2D eigenvalue weighted by Gasteiger charge is -2.29. The fourth-order valence-electron chi connectivity index (χ4n) is 3.82. The lowest BCUT2D eigenvalue weighted by Crippen LogP contribution is -2.40. The molecule has 3 aromatic carbocycles. The van der Waals surface area contributed by atoms with Crippen molar-refractivity contribution in [1.82, 2.24) is 5.32 Å². The van der Waals surface area contributed by atoms with Crippen LogP contribution >= 0.6 is 0 Å². The van der Waals surface area contributed by atoms with Gasteiger partial charge in [-0.25, -0.2) is 8.42 Å². The molecule has 35 heavy (non-hydrogen) atoms. The van der Waals surface area contributed by atoms with E-state index >= 15 is 0 Å². The summed E-state index contributed by atoms with van der Waals surface area (Å²) in [5.74, 6) is 0.188. The van der Waals surface area contributed by atoms with E-state index in [0.717, 1.165) is 28.6 Å².